The predicted molar refractivity (Wildman–Crippen MR) is 66.8 cm³/mol. The minimum absolute atomic E-state index is 0.0000278. The van der Waals surface area contributed by atoms with Crippen LogP contribution < -0.4 is 0 Å². The number of amides is 1. The van der Waals surface area contributed by atoms with Gasteiger partial charge in [-0.1, -0.05) is 26.0 Å². The number of halogens is 1. The summed E-state index contributed by atoms with van der Waals surface area (Å²) in [6.45, 7) is 4.33. The molecule has 0 aliphatic carbocycles. The minimum Gasteiger partial charge on any atom is -0.460 e. The fraction of sp³-hybridized carbons (Fsp3) is 0.333. The van der Waals surface area contributed by atoms with Crippen molar-refractivity contribution in [3.8, 4) is 0 Å². The number of hydrogen-bond donors (Lipinski definition) is 0. The Labute approximate surface area is 105 Å². The maximum atomic E-state index is 12.6. The number of carbonyl (C=O) groups excluding carboxylic acids is 1. The van der Waals surface area contributed by atoms with E-state index in [1.54, 1.807) is 12.1 Å². The summed E-state index contributed by atoms with van der Waals surface area (Å²) < 4.78 is 17.5. The molecule has 0 spiro atoms. The van der Waals surface area contributed by atoms with Gasteiger partial charge >= 0.3 is 0 Å². The van der Waals surface area contributed by atoms with Gasteiger partial charge in [0.1, 0.15) is 5.82 Å². The topological polar surface area (TPSA) is 29.5 Å². The van der Waals surface area contributed by atoms with Crippen LogP contribution in [-0.4, -0.2) is 22.6 Å². The van der Waals surface area contributed by atoms with E-state index < -0.39 is 0 Å². The Bertz CT molecular complexity index is 389. The Hall–Kier alpha value is -1.49. The number of benzene rings is 1. The lowest BCUT2D eigenvalue weighted by Crippen LogP contribution is -2.28. The number of ether oxygens (including phenoxy) is 1. The Morgan fingerprint density at radius 1 is 1.35 bits per heavy atom. The molecule has 3 nitrogen and oxygen atoms in total. The molecule has 0 aromatic heterocycles. The summed E-state index contributed by atoms with van der Waals surface area (Å²) in [6, 6.07) is 5.92. The molecule has 0 saturated carbocycles. The van der Waals surface area contributed by atoms with Crippen LogP contribution in [0.4, 0.5) is 4.39 Å². The zero-order valence-electron chi connectivity index (χ0n) is 9.77. The molecule has 1 aromatic rings. The van der Waals surface area contributed by atoms with Crippen molar-refractivity contribution in [2.45, 2.75) is 20.4 Å². The van der Waals surface area contributed by atoms with E-state index in [1.807, 2.05) is 13.8 Å². The van der Waals surface area contributed by atoms with Crippen molar-refractivity contribution in [1.82, 2.24) is 4.90 Å². The fourth-order valence-electron chi connectivity index (χ4n) is 1.31. The van der Waals surface area contributed by atoms with Gasteiger partial charge in [0.25, 0.3) is 11.1 Å². The van der Waals surface area contributed by atoms with Crippen LogP contribution in [0.15, 0.2) is 24.3 Å². The van der Waals surface area contributed by atoms with Crippen molar-refractivity contribution in [2.24, 2.45) is 0 Å². The van der Waals surface area contributed by atoms with Gasteiger partial charge in [-0.15, -0.1) is 0 Å². The van der Waals surface area contributed by atoms with Crippen LogP contribution in [0.2, 0.25) is 0 Å². The lowest BCUT2D eigenvalue weighted by atomic mass is 10.2. The van der Waals surface area contributed by atoms with E-state index in [-0.39, 0.29) is 23.5 Å². The van der Waals surface area contributed by atoms with Crippen LogP contribution in [0.1, 0.15) is 19.4 Å². The molecule has 92 valence electrons. The smallest absolute Gasteiger partial charge is 0.268 e. The Balaban J connectivity index is 0.000000686. The predicted octanol–water partition coefficient (Wildman–Crippen LogP) is 2.50. The van der Waals surface area contributed by atoms with Crippen LogP contribution in [0, 0.1) is 5.82 Å². The third-order valence-electron chi connectivity index (χ3n) is 2.09. The second kappa shape index (κ2) is 6.30. The van der Waals surface area contributed by atoms with Gasteiger partial charge in [-0.3, -0.25) is 9.69 Å². The van der Waals surface area contributed by atoms with E-state index in [0.717, 1.165) is 5.56 Å². The molecule has 1 aliphatic heterocycles. The standard InChI is InChI=1S/C10H8FNO2S.C2H6/c11-8-3-1-7(2-4-8)5-12-9(13)6-14-10(12)15;1-2/h1-4H,5-6H2;1-2H3. The van der Waals surface area contributed by atoms with E-state index >= 15 is 0 Å². The zero-order chi connectivity index (χ0) is 12.8. The largest absolute Gasteiger partial charge is 0.460 e. The molecule has 1 amide bonds. The highest BCUT2D eigenvalue weighted by atomic mass is 32.1. The molecule has 1 aromatic carbocycles. The number of carbonyl (C=O) groups is 1. The highest BCUT2D eigenvalue weighted by Crippen LogP contribution is 2.12. The summed E-state index contributed by atoms with van der Waals surface area (Å²) in [5.74, 6) is -0.463. The molecule has 0 radical (unpaired) electrons. The summed E-state index contributed by atoms with van der Waals surface area (Å²) in [5.41, 5.74) is 0.817. The Morgan fingerprint density at radius 3 is 2.41 bits per heavy atom. The van der Waals surface area contributed by atoms with Crippen LogP contribution in [0.3, 0.4) is 0 Å². The van der Waals surface area contributed by atoms with E-state index in [0.29, 0.717) is 6.54 Å². The molecular weight excluding hydrogens is 241 g/mol. The average molecular weight is 255 g/mol. The summed E-state index contributed by atoms with van der Waals surface area (Å²) >= 11 is 4.85. The summed E-state index contributed by atoms with van der Waals surface area (Å²) in [4.78, 5) is 12.7. The van der Waals surface area contributed by atoms with Crippen molar-refractivity contribution in [2.75, 3.05) is 6.61 Å². The zero-order valence-corrected chi connectivity index (χ0v) is 10.6. The quantitative estimate of drug-likeness (QED) is 0.760. The van der Waals surface area contributed by atoms with Gasteiger partial charge in [0.15, 0.2) is 6.61 Å². The van der Waals surface area contributed by atoms with Gasteiger partial charge in [0.05, 0.1) is 6.54 Å². The fourth-order valence-corrected chi connectivity index (χ4v) is 1.53. The van der Waals surface area contributed by atoms with Crippen LogP contribution in [0.5, 0.6) is 0 Å². The Kier molecular flexibility index (Phi) is 5.03. The van der Waals surface area contributed by atoms with Gasteiger partial charge in [-0.2, -0.15) is 0 Å². The van der Waals surface area contributed by atoms with E-state index in [2.05, 4.69) is 0 Å². The average Bonchev–Trinajstić information content (AvgIpc) is 2.66. The van der Waals surface area contributed by atoms with E-state index in [4.69, 9.17) is 17.0 Å². The van der Waals surface area contributed by atoms with Gasteiger partial charge in [-0.25, -0.2) is 4.39 Å². The molecule has 0 atom stereocenters. The van der Waals surface area contributed by atoms with Crippen molar-refractivity contribution in [3.63, 3.8) is 0 Å². The molecule has 1 fully saturated rings. The summed E-state index contributed by atoms with van der Waals surface area (Å²) in [7, 11) is 0. The van der Waals surface area contributed by atoms with Gasteiger partial charge in [-0.05, 0) is 29.9 Å². The first-order valence-electron chi connectivity index (χ1n) is 5.38. The molecule has 5 heteroatoms. The maximum absolute atomic E-state index is 12.6. The number of hydrogen-bond acceptors (Lipinski definition) is 3. The highest BCUT2D eigenvalue weighted by Gasteiger charge is 2.27. The van der Waals surface area contributed by atoms with Gasteiger partial charge in [0.2, 0.25) is 0 Å². The molecule has 17 heavy (non-hydrogen) atoms. The van der Waals surface area contributed by atoms with Crippen molar-refractivity contribution >= 4 is 23.3 Å². The number of rotatable bonds is 2. The Morgan fingerprint density at radius 2 is 1.94 bits per heavy atom. The van der Waals surface area contributed by atoms with Crippen molar-refractivity contribution in [1.29, 1.82) is 0 Å². The molecular formula is C12H14FNO2S. The molecule has 1 aliphatic rings. The minimum atomic E-state index is -0.301. The third-order valence-corrected chi connectivity index (χ3v) is 2.43. The normalized spacial score (nSPS) is 14.2. The van der Waals surface area contributed by atoms with E-state index in [1.165, 1.54) is 17.0 Å². The monoisotopic (exact) mass is 255 g/mol. The lowest BCUT2D eigenvalue weighted by Gasteiger charge is -2.12. The molecule has 2 rings (SSSR count). The first-order valence-corrected chi connectivity index (χ1v) is 5.79. The SMILES string of the molecule is CC.O=C1COC(=S)N1Cc1ccc(F)cc1. The van der Waals surface area contributed by atoms with Crippen molar-refractivity contribution < 1.29 is 13.9 Å². The number of thiocarbonyl (C=S) groups is 1. The first kappa shape index (κ1) is 13.6. The van der Waals surface area contributed by atoms with Crippen LogP contribution in [-0.2, 0) is 16.1 Å². The van der Waals surface area contributed by atoms with Crippen molar-refractivity contribution in [3.05, 3.63) is 35.6 Å². The van der Waals surface area contributed by atoms with Crippen LogP contribution >= 0.6 is 12.2 Å². The number of nitrogens with zero attached hydrogens (tertiary/aromatic N) is 1. The molecule has 0 unspecified atom stereocenters. The molecule has 1 heterocycles. The molecule has 1 saturated heterocycles. The molecule has 0 N–H and O–H groups in total. The first-order chi connectivity index (χ1) is 8.16. The van der Waals surface area contributed by atoms with Gasteiger partial charge < -0.3 is 4.74 Å². The molecule has 0 bridgehead atoms. The summed E-state index contributed by atoms with van der Waals surface area (Å²) in [6.07, 6.45) is 0. The third kappa shape index (κ3) is 3.49. The van der Waals surface area contributed by atoms with E-state index in [9.17, 15) is 9.18 Å². The van der Waals surface area contributed by atoms with Crippen LogP contribution in [0.25, 0.3) is 0 Å². The lowest BCUT2D eigenvalue weighted by molar-refractivity contribution is -0.126. The maximum Gasteiger partial charge on any atom is 0.268 e. The summed E-state index contributed by atoms with van der Waals surface area (Å²) in [5, 5.41) is 0.185. The second-order valence-electron chi connectivity index (χ2n) is 3.16. The highest BCUT2D eigenvalue weighted by molar-refractivity contribution is 7.80. The second-order valence-corrected chi connectivity index (χ2v) is 3.51. The van der Waals surface area contributed by atoms with Gasteiger partial charge in [0, 0.05) is 0 Å².